The van der Waals surface area contributed by atoms with E-state index >= 15 is 0 Å². The standard InChI is InChI=1S/C14H15NO3S/c1-19(18)13-12(16)10-4-2-3-5-11(10)15(14(13)17)8-9-6-7-9/h2-5,9,16H,6-8H2,1H3. The average molecular weight is 277 g/mol. The van der Waals surface area contributed by atoms with Crippen molar-refractivity contribution in [3.8, 4) is 5.75 Å². The number of rotatable bonds is 3. The lowest BCUT2D eigenvalue weighted by atomic mass is 10.2. The Balaban J connectivity index is 2.34. The SMILES string of the molecule is C[S+]([O-])c1c(O)c2ccccc2n(CC2CC2)c1=O. The number of nitrogens with zero attached hydrogens (tertiary/aromatic N) is 1. The molecule has 1 fully saturated rings. The summed E-state index contributed by atoms with van der Waals surface area (Å²) in [5, 5.41) is 10.8. The van der Waals surface area contributed by atoms with Crippen LogP contribution in [0.4, 0.5) is 0 Å². The van der Waals surface area contributed by atoms with Gasteiger partial charge < -0.3 is 14.2 Å². The molecule has 3 rings (SSSR count). The Hall–Kier alpha value is -1.46. The van der Waals surface area contributed by atoms with Gasteiger partial charge in [-0.25, -0.2) is 0 Å². The molecule has 0 radical (unpaired) electrons. The highest BCUT2D eigenvalue weighted by molar-refractivity contribution is 7.90. The second-order valence-electron chi connectivity index (χ2n) is 5.01. The van der Waals surface area contributed by atoms with Gasteiger partial charge in [-0.05, 0) is 42.1 Å². The Morgan fingerprint density at radius 1 is 1.42 bits per heavy atom. The Labute approximate surface area is 113 Å². The fourth-order valence-electron chi connectivity index (χ4n) is 2.36. The first kappa shape index (κ1) is 12.6. The summed E-state index contributed by atoms with van der Waals surface area (Å²) in [6, 6.07) is 7.22. The molecule has 100 valence electrons. The highest BCUT2D eigenvalue weighted by atomic mass is 32.2. The van der Waals surface area contributed by atoms with Crippen molar-refractivity contribution in [1.82, 2.24) is 4.57 Å². The number of fused-ring (bicyclic) bond motifs is 1. The van der Waals surface area contributed by atoms with Crippen LogP contribution >= 0.6 is 0 Å². The first-order chi connectivity index (χ1) is 9.09. The number of aromatic hydroxyl groups is 1. The molecule has 1 N–H and O–H groups in total. The van der Waals surface area contributed by atoms with Gasteiger partial charge in [-0.1, -0.05) is 12.1 Å². The minimum absolute atomic E-state index is 0.0133. The predicted molar refractivity (Wildman–Crippen MR) is 74.9 cm³/mol. The molecule has 2 aromatic rings. The molecule has 19 heavy (non-hydrogen) atoms. The van der Waals surface area contributed by atoms with Gasteiger partial charge in [0.25, 0.3) is 4.90 Å². The van der Waals surface area contributed by atoms with Gasteiger partial charge in [-0.15, -0.1) is 0 Å². The molecule has 1 aliphatic carbocycles. The zero-order valence-electron chi connectivity index (χ0n) is 10.6. The van der Waals surface area contributed by atoms with Crippen molar-refractivity contribution >= 4 is 22.1 Å². The quantitative estimate of drug-likeness (QED) is 0.871. The lowest BCUT2D eigenvalue weighted by Crippen LogP contribution is -2.27. The maximum Gasteiger partial charge on any atom is 0.310 e. The third-order valence-corrected chi connectivity index (χ3v) is 4.47. The van der Waals surface area contributed by atoms with Crippen molar-refractivity contribution in [1.29, 1.82) is 0 Å². The molecule has 1 aromatic carbocycles. The molecule has 1 saturated carbocycles. The Bertz CT molecular complexity index is 689. The molecule has 1 heterocycles. The fraction of sp³-hybridized carbons (Fsp3) is 0.357. The molecule has 0 bridgehead atoms. The fourth-order valence-corrected chi connectivity index (χ4v) is 3.10. The molecule has 5 heteroatoms. The highest BCUT2D eigenvalue weighted by Crippen LogP contribution is 2.33. The monoisotopic (exact) mass is 277 g/mol. The topological polar surface area (TPSA) is 65.3 Å². The molecule has 0 spiro atoms. The Morgan fingerprint density at radius 2 is 2.11 bits per heavy atom. The van der Waals surface area contributed by atoms with Crippen LogP contribution in [0.5, 0.6) is 5.75 Å². The van der Waals surface area contributed by atoms with Gasteiger partial charge in [0.2, 0.25) is 0 Å². The number of hydrogen-bond donors (Lipinski definition) is 1. The first-order valence-corrected chi connectivity index (χ1v) is 7.83. The summed E-state index contributed by atoms with van der Waals surface area (Å²) in [6.45, 7) is 0.643. The zero-order chi connectivity index (χ0) is 13.6. The van der Waals surface area contributed by atoms with Crippen molar-refractivity contribution in [2.45, 2.75) is 24.3 Å². The molecular formula is C14H15NO3S. The number of pyridine rings is 1. The van der Waals surface area contributed by atoms with Gasteiger partial charge >= 0.3 is 5.56 Å². The lowest BCUT2D eigenvalue weighted by Gasteiger charge is -2.14. The number of aromatic nitrogens is 1. The van der Waals surface area contributed by atoms with Crippen molar-refractivity contribution in [2.75, 3.05) is 6.26 Å². The van der Waals surface area contributed by atoms with Crippen LogP contribution in [0, 0.1) is 5.92 Å². The molecule has 1 unspecified atom stereocenters. The van der Waals surface area contributed by atoms with Gasteiger partial charge in [-0.3, -0.25) is 4.79 Å². The van der Waals surface area contributed by atoms with Crippen LogP contribution in [-0.2, 0) is 17.7 Å². The first-order valence-electron chi connectivity index (χ1n) is 6.27. The number of benzene rings is 1. The summed E-state index contributed by atoms with van der Waals surface area (Å²) in [5.74, 6) is 0.386. The van der Waals surface area contributed by atoms with E-state index in [1.165, 1.54) is 6.26 Å². The smallest absolute Gasteiger partial charge is 0.310 e. The van der Waals surface area contributed by atoms with Crippen LogP contribution < -0.4 is 5.56 Å². The average Bonchev–Trinajstić information content (AvgIpc) is 3.18. The number of hydrogen-bond acceptors (Lipinski definition) is 3. The summed E-state index contributed by atoms with van der Waals surface area (Å²) in [6.07, 6.45) is 3.69. The van der Waals surface area contributed by atoms with E-state index < -0.39 is 11.2 Å². The minimum Gasteiger partial charge on any atom is -0.611 e. The van der Waals surface area contributed by atoms with E-state index in [2.05, 4.69) is 0 Å². The van der Waals surface area contributed by atoms with Crippen molar-refractivity contribution in [3.63, 3.8) is 0 Å². The molecule has 1 atom stereocenters. The van der Waals surface area contributed by atoms with E-state index in [9.17, 15) is 14.5 Å². The van der Waals surface area contributed by atoms with Gasteiger partial charge in [-0.2, -0.15) is 0 Å². The molecular weight excluding hydrogens is 262 g/mol. The normalized spacial score (nSPS) is 16.7. The van der Waals surface area contributed by atoms with E-state index in [0.717, 1.165) is 12.8 Å². The van der Waals surface area contributed by atoms with Gasteiger partial charge in [0.1, 0.15) is 6.26 Å². The second-order valence-corrected chi connectivity index (χ2v) is 6.32. The molecule has 1 aliphatic rings. The van der Waals surface area contributed by atoms with E-state index in [-0.39, 0.29) is 16.2 Å². The minimum atomic E-state index is -1.50. The summed E-state index contributed by atoms with van der Waals surface area (Å²) in [4.78, 5) is 12.4. The van der Waals surface area contributed by atoms with Crippen molar-refractivity contribution < 1.29 is 9.66 Å². The summed E-state index contributed by atoms with van der Waals surface area (Å²) in [5.41, 5.74) is 0.384. The van der Waals surface area contributed by atoms with Crippen LogP contribution in [0.25, 0.3) is 10.9 Å². The van der Waals surface area contributed by atoms with Gasteiger partial charge in [0, 0.05) is 11.9 Å². The van der Waals surface area contributed by atoms with Crippen LogP contribution in [-0.4, -0.2) is 20.5 Å². The third kappa shape index (κ3) is 2.13. The maximum absolute atomic E-state index is 12.4. The van der Waals surface area contributed by atoms with Crippen LogP contribution in [0.3, 0.4) is 0 Å². The van der Waals surface area contributed by atoms with Crippen molar-refractivity contribution in [3.05, 3.63) is 34.6 Å². The van der Waals surface area contributed by atoms with E-state index in [4.69, 9.17) is 0 Å². The van der Waals surface area contributed by atoms with E-state index in [1.54, 1.807) is 16.7 Å². The lowest BCUT2D eigenvalue weighted by molar-refractivity contribution is 0.458. The molecule has 0 aliphatic heterocycles. The summed E-state index contributed by atoms with van der Waals surface area (Å²) in [7, 11) is 0. The van der Waals surface area contributed by atoms with Gasteiger partial charge in [0.05, 0.1) is 5.52 Å². The maximum atomic E-state index is 12.4. The van der Waals surface area contributed by atoms with Crippen LogP contribution in [0.15, 0.2) is 34.0 Å². The second kappa shape index (κ2) is 4.58. The molecule has 4 nitrogen and oxygen atoms in total. The van der Waals surface area contributed by atoms with Crippen LogP contribution in [0.2, 0.25) is 0 Å². The Morgan fingerprint density at radius 3 is 2.74 bits per heavy atom. The number of para-hydroxylation sites is 1. The summed E-state index contributed by atoms with van der Waals surface area (Å²) < 4.78 is 13.4. The van der Waals surface area contributed by atoms with E-state index in [1.807, 2.05) is 12.1 Å². The van der Waals surface area contributed by atoms with Crippen molar-refractivity contribution in [2.24, 2.45) is 5.92 Å². The Kier molecular flexibility index (Phi) is 3.03. The van der Waals surface area contributed by atoms with E-state index in [0.29, 0.717) is 23.4 Å². The molecule has 1 aromatic heterocycles. The largest absolute Gasteiger partial charge is 0.611 e. The molecule has 0 saturated heterocycles. The summed E-state index contributed by atoms with van der Waals surface area (Å²) >= 11 is -1.50. The third-order valence-electron chi connectivity index (χ3n) is 3.53. The zero-order valence-corrected chi connectivity index (χ0v) is 11.4. The van der Waals surface area contributed by atoms with Gasteiger partial charge in [0.15, 0.2) is 5.75 Å². The predicted octanol–water partition coefficient (Wildman–Crippen LogP) is 1.85. The molecule has 0 amide bonds. The highest BCUT2D eigenvalue weighted by Gasteiger charge is 2.27. The van der Waals surface area contributed by atoms with Crippen LogP contribution in [0.1, 0.15) is 12.8 Å².